The van der Waals surface area contributed by atoms with Gasteiger partial charge >= 0.3 is 5.97 Å². The largest absolute Gasteiger partial charge is 0.469 e. The molecule has 0 radical (unpaired) electrons. The smallest absolute Gasteiger partial charge is 0.308 e. The minimum Gasteiger partial charge on any atom is -0.469 e. The SMILES string of the molecule is COC(=O)C1CCN(C(=O)Cn2ccc(=O)c3sccc32)CC1. The number of nitrogens with zero attached hydrogens (tertiary/aromatic N) is 2. The van der Waals surface area contributed by atoms with Crippen molar-refractivity contribution in [3.8, 4) is 0 Å². The van der Waals surface area contributed by atoms with Gasteiger partial charge in [0.15, 0.2) is 5.43 Å². The van der Waals surface area contributed by atoms with Crippen LogP contribution in [0, 0.1) is 5.92 Å². The number of rotatable bonds is 3. The molecule has 1 saturated heterocycles. The lowest BCUT2D eigenvalue weighted by molar-refractivity contribution is -0.149. The Bertz CT molecular complexity index is 787. The number of likely N-dealkylation sites (tertiary alicyclic amines) is 1. The Hall–Kier alpha value is -2.15. The minimum atomic E-state index is -0.197. The first-order chi connectivity index (χ1) is 11.1. The van der Waals surface area contributed by atoms with Gasteiger partial charge in [0.05, 0.1) is 23.2 Å². The highest BCUT2D eigenvalue weighted by Crippen LogP contribution is 2.20. The van der Waals surface area contributed by atoms with Crippen LogP contribution in [0.2, 0.25) is 0 Å². The third-order valence-corrected chi connectivity index (χ3v) is 5.19. The molecule has 0 atom stereocenters. The molecular weight excluding hydrogens is 316 g/mol. The normalized spacial score (nSPS) is 15.8. The lowest BCUT2D eigenvalue weighted by Crippen LogP contribution is -2.42. The number of piperidine rings is 1. The number of carbonyl (C=O) groups is 2. The molecule has 122 valence electrons. The van der Waals surface area contributed by atoms with Crippen molar-refractivity contribution in [3.63, 3.8) is 0 Å². The van der Waals surface area contributed by atoms with Crippen LogP contribution in [0.5, 0.6) is 0 Å². The van der Waals surface area contributed by atoms with Crippen LogP contribution in [0.4, 0.5) is 0 Å². The quantitative estimate of drug-likeness (QED) is 0.797. The highest BCUT2D eigenvalue weighted by molar-refractivity contribution is 7.17. The summed E-state index contributed by atoms with van der Waals surface area (Å²) in [6.45, 7) is 1.33. The van der Waals surface area contributed by atoms with Crippen molar-refractivity contribution < 1.29 is 14.3 Å². The molecule has 1 aliphatic rings. The molecule has 7 heteroatoms. The number of hydrogen-bond acceptors (Lipinski definition) is 5. The Morgan fingerprint density at radius 2 is 2.04 bits per heavy atom. The Labute approximate surface area is 137 Å². The van der Waals surface area contributed by atoms with Gasteiger partial charge in [-0.3, -0.25) is 14.4 Å². The maximum atomic E-state index is 12.5. The number of esters is 1. The topological polar surface area (TPSA) is 68.6 Å². The molecule has 0 aromatic carbocycles. The van der Waals surface area contributed by atoms with Gasteiger partial charge in [-0.05, 0) is 24.3 Å². The van der Waals surface area contributed by atoms with Gasteiger partial charge in [-0.15, -0.1) is 11.3 Å². The molecule has 1 aliphatic heterocycles. The van der Waals surface area contributed by atoms with Crippen molar-refractivity contribution in [1.82, 2.24) is 9.47 Å². The number of carbonyl (C=O) groups excluding carboxylic acids is 2. The van der Waals surface area contributed by atoms with E-state index in [4.69, 9.17) is 4.74 Å². The fraction of sp³-hybridized carbons (Fsp3) is 0.438. The molecule has 23 heavy (non-hydrogen) atoms. The second-order valence-electron chi connectivity index (χ2n) is 5.62. The molecule has 0 N–H and O–H groups in total. The molecular formula is C16H18N2O4S. The lowest BCUT2D eigenvalue weighted by atomic mass is 9.97. The van der Waals surface area contributed by atoms with Gasteiger partial charge in [-0.1, -0.05) is 0 Å². The van der Waals surface area contributed by atoms with Crippen LogP contribution >= 0.6 is 11.3 Å². The summed E-state index contributed by atoms with van der Waals surface area (Å²) in [6, 6.07) is 3.35. The highest BCUT2D eigenvalue weighted by atomic mass is 32.1. The summed E-state index contributed by atoms with van der Waals surface area (Å²) < 4.78 is 7.24. The van der Waals surface area contributed by atoms with E-state index in [1.54, 1.807) is 11.1 Å². The van der Waals surface area contributed by atoms with E-state index in [-0.39, 0.29) is 29.8 Å². The van der Waals surface area contributed by atoms with Gasteiger partial charge in [-0.2, -0.15) is 0 Å². The van der Waals surface area contributed by atoms with Crippen LogP contribution in [0.25, 0.3) is 10.2 Å². The zero-order valence-electron chi connectivity index (χ0n) is 12.9. The number of aromatic nitrogens is 1. The number of fused-ring (bicyclic) bond motifs is 1. The Morgan fingerprint density at radius 3 is 2.74 bits per heavy atom. The third kappa shape index (κ3) is 3.14. The Balaban J connectivity index is 1.68. The first kappa shape index (κ1) is 15.7. The molecule has 2 aromatic rings. The molecule has 0 bridgehead atoms. The van der Waals surface area contributed by atoms with E-state index in [0.29, 0.717) is 30.6 Å². The predicted molar refractivity (Wildman–Crippen MR) is 87.4 cm³/mol. The molecule has 3 rings (SSSR count). The van der Waals surface area contributed by atoms with E-state index >= 15 is 0 Å². The first-order valence-electron chi connectivity index (χ1n) is 7.52. The van der Waals surface area contributed by atoms with Gasteiger partial charge in [-0.25, -0.2) is 0 Å². The van der Waals surface area contributed by atoms with E-state index in [1.807, 2.05) is 16.0 Å². The van der Waals surface area contributed by atoms with Crippen LogP contribution in [0.1, 0.15) is 12.8 Å². The lowest BCUT2D eigenvalue weighted by Gasteiger charge is -2.31. The number of hydrogen-bond donors (Lipinski definition) is 0. The number of pyridine rings is 1. The molecule has 3 heterocycles. The van der Waals surface area contributed by atoms with E-state index in [1.165, 1.54) is 24.5 Å². The van der Waals surface area contributed by atoms with Crippen LogP contribution in [-0.4, -0.2) is 41.5 Å². The molecule has 1 fully saturated rings. The summed E-state index contributed by atoms with van der Waals surface area (Å²) in [5.74, 6) is -0.304. The first-order valence-corrected chi connectivity index (χ1v) is 8.40. The standard InChI is InChI=1S/C16H18N2O4S/c1-22-16(21)11-2-6-17(7-3-11)14(20)10-18-8-4-13(19)15-12(18)5-9-23-15/h4-5,8-9,11H,2-3,6-7,10H2,1H3. The molecule has 1 amide bonds. The van der Waals surface area contributed by atoms with E-state index in [0.717, 1.165) is 5.52 Å². The maximum absolute atomic E-state index is 12.5. The molecule has 0 unspecified atom stereocenters. The minimum absolute atomic E-state index is 0.00413. The Morgan fingerprint density at radius 1 is 1.30 bits per heavy atom. The maximum Gasteiger partial charge on any atom is 0.308 e. The zero-order valence-corrected chi connectivity index (χ0v) is 13.7. The highest BCUT2D eigenvalue weighted by Gasteiger charge is 2.27. The Kier molecular flexibility index (Phi) is 4.47. The summed E-state index contributed by atoms with van der Waals surface area (Å²) in [6.07, 6.45) is 2.93. The molecule has 6 nitrogen and oxygen atoms in total. The fourth-order valence-corrected chi connectivity index (χ4v) is 3.76. The van der Waals surface area contributed by atoms with Crippen LogP contribution < -0.4 is 5.43 Å². The molecule has 0 saturated carbocycles. The van der Waals surface area contributed by atoms with Crippen molar-refractivity contribution >= 4 is 33.4 Å². The second kappa shape index (κ2) is 6.54. The number of ether oxygens (including phenoxy) is 1. The molecule has 0 aliphatic carbocycles. The average Bonchev–Trinajstić information content (AvgIpc) is 3.07. The van der Waals surface area contributed by atoms with E-state index < -0.39 is 0 Å². The van der Waals surface area contributed by atoms with Gasteiger partial charge in [0.2, 0.25) is 5.91 Å². The van der Waals surface area contributed by atoms with Crippen molar-refractivity contribution in [2.75, 3.05) is 20.2 Å². The number of amides is 1. The number of thiophene rings is 1. The van der Waals surface area contributed by atoms with Crippen molar-refractivity contribution in [3.05, 3.63) is 33.9 Å². The summed E-state index contributed by atoms with van der Waals surface area (Å²) >= 11 is 1.39. The van der Waals surface area contributed by atoms with Gasteiger partial charge in [0, 0.05) is 25.4 Å². The van der Waals surface area contributed by atoms with Gasteiger partial charge in [0.25, 0.3) is 0 Å². The van der Waals surface area contributed by atoms with Gasteiger partial charge in [0.1, 0.15) is 6.54 Å². The summed E-state index contributed by atoms with van der Waals surface area (Å²) in [4.78, 5) is 37.5. The van der Waals surface area contributed by atoms with Crippen LogP contribution in [0.15, 0.2) is 28.5 Å². The van der Waals surface area contributed by atoms with E-state index in [2.05, 4.69) is 0 Å². The van der Waals surface area contributed by atoms with Crippen molar-refractivity contribution in [2.24, 2.45) is 5.92 Å². The summed E-state index contributed by atoms with van der Waals surface area (Å²) in [5, 5.41) is 1.86. The van der Waals surface area contributed by atoms with E-state index in [9.17, 15) is 14.4 Å². The monoisotopic (exact) mass is 334 g/mol. The number of methoxy groups -OCH3 is 1. The average molecular weight is 334 g/mol. The van der Waals surface area contributed by atoms with Crippen LogP contribution in [0.3, 0.4) is 0 Å². The fourth-order valence-electron chi connectivity index (χ4n) is 2.94. The molecule has 2 aromatic heterocycles. The van der Waals surface area contributed by atoms with Crippen molar-refractivity contribution in [1.29, 1.82) is 0 Å². The second-order valence-corrected chi connectivity index (χ2v) is 6.54. The predicted octanol–water partition coefficient (Wildman–Crippen LogP) is 1.47. The summed E-state index contributed by atoms with van der Waals surface area (Å²) in [5.41, 5.74) is 0.776. The van der Waals surface area contributed by atoms with Crippen LogP contribution in [-0.2, 0) is 20.9 Å². The molecule has 0 spiro atoms. The van der Waals surface area contributed by atoms with Crippen molar-refractivity contribution in [2.45, 2.75) is 19.4 Å². The zero-order chi connectivity index (χ0) is 16.4. The van der Waals surface area contributed by atoms with Gasteiger partial charge < -0.3 is 14.2 Å². The third-order valence-electron chi connectivity index (χ3n) is 4.27. The summed E-state index contributed by atoms with van der Waals surface area (Å²) in [7, 11) is 1.39.